The molecule has 1 heterocycles. The Morgan fingerprint density at radius 2 is 2.00 bits per heavy atom. The Bertz CT molecular complexity index is 550. The van der Waals surface area contributed by atoms with E-state index in [1.807, 2.05) is 42.3 Å². The van der Waals surface area contributed by atoms with E-state index in [0.717, 1.165) is 12.1 Å². The predicted molar refractivity (Wildman–Crippen MR) is 78.9 cm³/mol. The SMILES string of the molecule is Cc1ccsc1CN(C)[C@H](C(N)=O)c1ccccc1. The first-order valence-electron chi connectivity index (χ1n) is 6.17. The van der Waals surface area contributed by atoms with Gasteiger partial charge in [-0.15, -0.1) is 11.3 Å². The van der Waals surface area contributed by atoms with Crippen molar-refractivity contribution in [3.8, 4) is 0 Å². The third-order valence-corrected chi connectivity index (χ3v) is 4.19. The molecule has 1 aromatic carbocycles. The minimum absolute atomic E-state index is 0.317. The van der Waals surface area contributed by atoms with Crippen LogP contribution < -0.4 is 5.73 Å². The summed E-state index contributed by atoms with van der Waals surface area (Å²) in [4.78, 5) is 15.0. The van der Waals surface area contributed by atoms with Gasteiger partial charge in [0.05, 0.1) is 0 Å². The Morgan fingerprint density at radius 1 is 1.32 bits per heavy atom. The molecule has 3 nitrogen and oxygen atoms in total. The number of carbonyl (C=O) groups is 1. The summed E-state index contributed by atoms with van der Waals surface area (Å²) in [6.07, 6.45) is 0. The second-order valence-corrected chi connectivity index (χ2v) is 5.66. The molecule has 0 saturated carbocycles. The lowest BCUT2D eigenvalue weighted by Gasteiger charge is -2.25. The fourth-order valence-corrected chi connectivity index (χ4v) is 3.12. The van der Waals surface area contributed by atoms with Gasteiger partial charge in [-0.25, -0.2) is 0 Å². The van der Waals surface area contributed by atoms with Crippen LogP contribution in [0.25, 0.3) is 0 Å². The zero-order valence-corrected chi connectivity index (χ0v) is 12.0. The maximum absolute atomic E-state index is 11.7. The van der Waals surface area contributed by atoms with Gasteiger partial charge in [-0.1, -0.05) is 30.3 Å². The molecule has 0 bridgehead atoms. The predicted octanol–water partition coefficient (Wildman–Crippen LogP) is 2.71. The van der Waals surface area contributed by atoms with Crippen molar-refractivity contribution in [2.45, 2.75) is 19.5 Å². The van der Waals surface area contributed by atoms with E-state index < -0.39 is 0 Å². The van der Waals surface area contributed by atoms with Crippen LogP contribution in [0.3, 0.4) is 0 Å². The first-order chi connectivity index (χ1) is 9.09. The number of rotatable bonds is 5. The largest absolute Gasteiger partial charge is 0.368 e. The van der Waals surface area contributed by atoms with Crippen LogP contribution >= 0.6 is 11.3 Å². The van der Waals surface area contributed by atoms with Gasteiger partial charge in [0, 0.05) is 11.4 Å². The normalized spacial score (nSPS) is 12.6. The molecule has 0 unspecified atom stereocenters. The van der Waals surface area contributed by atoms with Crippen molar-refractivity contribution in [1.29, 1.82) is 0 Å². The van der Waals surface area contributed by atoms with Crippen molar-refractivity contribution in [3.05, 3.63) is 57.8 Å². The molecule has 1 atom stereocenters. The summed E-state index contributed by atoms with van der Waals surface area (Å²) < 4.78 is 0. The minimum atomic E-state index is -0.386. The standard InChI is InChI=1S/C15H18N2OS/c1-11-8-9-19-13(11)10-17(2)14(15(16)18)12-6-4-3-5-7-12/h3-9,14H,10H2,1-2H3,(H2,16,18)/t14-/m0/s1. The summed E-state index contributed by atoms with van der Waals surface area (Å²) in [6, 6.07) is 11.4. The topological polar surface area (TPSA) is 46.3 Å². The number of thiophene rings is 1. The lowest BCUT2D eigenvalue weighted by Crippen LogP contribution is -2.34. The highest BCUT2D eigenvalue weighted by Crippen LogP contribution is 2.24. The number of hydrogen-bond donors (Lipinski definition) is 1. The minimum Gasteiger partial charge on any atom is -0.368 e. The first-order valence-corrected chi connectivity index (χ1v) is 7.05. The highest BCUT2D eigenvalue weighted by Gasteiger charge is 2.23. The Morgan fingerprint density at radius 3 is 2.53 bits per heavy atom. The van der Waals surface area contributed by atoms with Gasteiger partial charge in [0.1, 0.15) is 6.04 Å². The van der Waals surface area contributed by atoms with E-state index in [1.165, 1.54) is 10.4 Å². The van der Waals surface area contributed by atoms with Crippen LogP contribution in [0.4, 0.5) is 0 Å². The molecule has 1 amide bonds. The number of aryl methyl sites for hydroxylation is 1. The van der Waals surface area contributed by atoms with E-state index in [9.17, 15) is 4.79 Å². The number of nitrogens with zero attached hydrogens (tertiary/aromatic N) is 1. The van der Waals surface area contributed by atoms with Gasteiger partial charge in [-0.3, -0.25) is 9.69 Å². The molecule has 0 fully saturated rings. The Kier molecular flexibility index (Phi) is 4.35. The number of benzene rings is 1. The van der Waals surface area contributed by atoms with Gasteiger partial charge < -0.3 is 5.73 Å². The molecular weight excluding hydrogens is 256 g/mol. The second kappa shape index (κ2) is 5.99. The van der Waals surface area contributed by atoms with Crippen LogP contribution in [0, 0.1) is 6.92 Å². The van der Waals surface area contributed by atoms with Crippen molar-refractivity contribution >= 4 is 17.2 Å². The number of carbonyl (C=O) groups excluding carboxylic acids is 1. The van der Waals surface area contributed by atoms with E-state index in [4.69, 9.17) is 5.73 Å². The zero-order chi connectivity index (χ0) is 13.8. The van der Waals surface area contributed by atoms with Crippen LogP contribution in [-0.2, 0) is 11.3 Å². The quantitative estimate of drug-likeness (QED) is 0.911. The summed E-state index contributed by atoms with van der Waals surface area (Å²) in [7, 11) is 1.93. The van der Waals surface area contributed by atoms with Gasteiger partial charge in [0.15, 0.2) is 0 Å². The molecule has 2 aromatic rings. The van der Waals surface area contributed by atoms with Crippen LogP contribution in [-0.4, -0.2) is 17.9 Å². The molecule has 19 heavy (non-hydrogen) atoms. The summed E-state index contributed by atoms with van der Waals surface area (Å²) in [5.74, 6) is -0.317. The molecule has 0 radical (unpaired) electrons. The molecule has 0 spiro atoms. The zero-order valence-electron chi connectivity index (χ0n) is 11.2. The van der Waals surface area contributed by atoms with Crippen molar-refractivity contribution in [2.24, 2.45) is 5.73 Å². The lowest BCUT2D eigenvalue weighted by atomic mass is 10.1. The van der Waals surface area contributed by atoms with Gasteiger partial charge in [-0.05, 0) is 36.5 Å². The molecule has 100 valence electrons. The van der Waals surface area contributed by atoms with E-state index in [2.05, 4.69) is 18.4 Å². The van der Waals surface area contributed by atoms with Crippen molar-refractivity contribution in [3.63, 3.8) is 0 Å². The third kappa shape index (κ3) is 3.22. The number of amides is 1. The fraction of sp³-hybridized carbons (Fsp3) is 0.267. The molecule has 4 heteroatoms. The average Bonchev–Trinajstić information content (AvgIpc) is 2.76. The van der Waals surface area contributed by atoms with Crippen LogP contribution in [0.15, 0.2) is 41.8 Å². The number of nitrogens with two attached hydrogens (primary N) is 1. The van der Waals surface area contributed by atoms with Crippen molar-refractivity contribution in [2.75, 3.05) is 7.05 Å². The summed E-state index contributed by atoms with van der Waals surface area (Å²) in [5.41, 5.74) is 7.75. The van der Waals surface area contributed by atoms with Gasteiger partial charge in [0.2, 0.25) is 5.91 Å². The second-order valence-electron chi connectivity index (χ2n) is 4.66. The third-order valence-electron chi connectivity index (χ3n) is 3.19. The van der Waals surface area contributed by atoms with E-state index in [0.29, 0.717) is 0 Å². The summed E-state index contributed by atoms with van der Waals surface area (Å²) >= 11 is 1.71. The van der Waals surface area contributed by atoms with E-state index >= 15 is 0 Å². The van der Waals surface area contributed by atoms with Crippen LogP contribution in [0.1, 0.15) is 22.0 Å². The summed E-state index contributed by atoms with van der Waals surface area (Å²) in [6.45, 7) is 2.81. The van der Waals surface area contributed by atoms with Gasteiger partial charge in [-0.2, -0.15) is 0 Å². The smallest absolute Gasteiger partial charge is 0.239 e. The molecule has 2 rings (SSSR count). The van der Waals surface area contributed by atoms with Gasteiger partial charge >= 0.3 is 0 Å². The molecule has 0 aliphatic rings. The molecule has 1 aromatic heterocycles. The van der Waals surface area contributed by atoms with Crippen molar-refractivity contribution in [1.82, 2.24) is 4.90 Å². The Hall–Kier alpha value is -1.65. The molecule has 2 N–H and O–H groups in total. The van der Waals surface area contributed by atoms with E-state index in [-0.39, 0.29) is 11.9 Å². The molecule has 0 aliphatic heterocycles. The van der Waals surface area contributed by atoms with E-state index in [1.54, 1.807) is 11.3 Å². The Labute approximate surface area is 117 Å². The summed E-state index contributed by atoms with van der Waals surface area (Å²) in [5, 5.41) is 2.07. The monoisotopic (exact) mass is 274 g/mol. The maximum Gasteiger partial charge on any atom is 0.239 e. The Balaban J connectivity index is 2.21. The maximum atomic E-state index is 11.7. The van der Waals surface area contributed by atoms with Crippen molar-refractivity contribution < 1.29 is 4.79 Å². The molecule has 0 saturated heterocycles. The number of primary amides is 1. The van der Waals surface area contributed by atoms with Gasteiger partial charge in [0.25, 0.3) is 0 Å². The highest BCUT2D eigenvalue weighted by atomic mass is 32.1. The highest BCUT2D eigenvalue weighted by molar-refractivity contribution is 7.10. The fourth-order valence-electron chi connectivity index (χ4n) is 2.16. The molecule has 0 aliphatic carbocycles. The number of hydrogen-bond acceptors (Lipinski definition) is 3. The first kappa shape index (κ1) is 13.8. The van der Waals surface area contributed by atoms with Crippen LogP contribution in [0.5, 0.6) is 0 Å². The number of likely N-dealkylation sites (N-methyl/N-ethyl adjacent to an activating group) is 1. The van der Waals surface area contributed by atoms with Crippen LogP contribution in [0.2, 0.25) is 0 Å². The lowest BCUT2D eigenvalue weighted by molar-refractivity contribution is -0.123. The average molecular weight is 274 g/mol. The molecular formula is C15H18N2OS.